The molecule has 0 spiro atoms. The van der Waals surface area contributed by atoms with Gasteiger partial charge in [-0.05, 0) is 30.0 Å². The first-order valence-electron chi connectivity index (χ1n) is 8.48. The van der Waals surface area contributed by atoms with Crippen molar-refractivity contribution in [2.24, 2.45) is 5.92 Å². The van der Waals surface area contributed by atoms with Gasteiger partial charge in [-0.2, -0.15) is 0 Å². The molecule has 2 aromatic carbocycles. The Hall–Kier alpha value is -2.49. The summed E-state index contributed by atoms with van der Waals surface area (Å²) in [6.07, 6.45) is 1.78. The molecule has 1 saturated carbocycles. The molecule has 1 unspecified atom stereocenters. The Kier molecular flexibility index (Phi) is 3.48. The van der Waals surface area contributed by atoms with E-state index in [0.29, 0.717) is 6.54 Å². The third kappa shape index (κ3) is 2.62. The lowest BCUT2D eigenvalue weighted by molar-refractivity contribution is -0.122. The Balaban J connectivity index is 1.33. The second kappa shape index (κ2) is 5.55. The largest absolute Gasteiger partial charge is 0.508 e. The van der Waals surface area contributed by atoms with Crippen molar-refractivity contribution in [1.29, 1.82) is 0 Å². The van der Waals surface area contributed by atoms with Crippen molar-refractivity contribution in [2.45, 2.75) is 31.2 Å². The molecule has 4 heteroatoms. The summed E-state index contributed by atoms with van der Waals surface area (Å²) in [7, 11) is 0. The van der Waals surface area contributed by atoms with Gasteiger partial charge in [0.25, 0.3) is 0 Å². The van der Waals surface area contributed by atoms with Gasteiger partial charge in [-0.15, -0.1) is 0 Å². The normalized spacial score (nSPS) is 27.2. The predicted molar refractivity (Wildman–Crippen MR) is 94.1 cm³/mol. The average Bonchev–Trinajstić information content (AvgIpc) is 3.13. The first kappa shape index (κ1) is 15.1. The minimum atomic E-state index is -0.0246. The van der Waals surface area contributed by atoms with Gasteiger partial charge in [0, 0.05) is 35.7 Å². The number of carbonyl (C=O) groups is 1. The van der Waals surface area contributed by atoms with Crippen molar-refractivity contribution in [2.75, 3.05) is 11.9 Å². The van der Waals surface area contributed by atoms with Crippen LogP contribution in [-0.2, 0) is 16.6 Å². The molecule has 2 aliphatic rings. The van der Waals surface area contributed by atoms with Crippen LogP contribution in [0, 0.1) is 5.92 Å². The second-order valence-corrected chi connectivity index (χ2v) is 7.17. The Bertz CT molecular complexity index is 774. The molecule has 124 valence electrons. The SMILES string of the molecule is C[C@@]1(c2ccccc2)C[C@H]1C(=O)NCC1Cc2ccc(O)cc2N1. The van der Waals surface area contributed by atoms with Crippen LogP contribution in [0.2, 0.25) is 0 Å². The topological polar surface area (TPSA) is 61.4 Å². The van der Waals surface area contributed by atoms with E-state index in [2.05, 4.69) is 29.7 Å². The van der Waals surface area contributed by atoms with E-state index >= 15 is 0 Å². The molecular formula is C20H22N2O2. The van der Waals surface area contributed by atoms with E-state index in [1.165, 1.54) is 11.1 Å². The first-order chi connectivity index (χ1) is 11.6. The minimum Gasteiger partial charge on any atom is -0.508 e. The van der Waals surface area contributed by atoms with E-state index in [1.54, 1.807) is 12.1 Å². The molecule has 0 radical (unpaired) electrons. The molecule has 0 saturated heterocycles. The maximum Gasteiger partial charge on any atom is 0.224 e. The number of rotatable bonds is 4. The van der Waals surface area contributed by atoms with E-state index < -0.39 is 0 Å². The predicted octanol–water partition coefficient (Wildman–Crippen LogP) is 2.82. The van der Waals surface area contributed by atoms with E-state index in [1.807, 2.05) is 24.3 Å². The summed E-state index contributed by atoms with van der Waals surface area (Å²) >= 11 is 0. The number of phenolic OH excluding ortho intramolecular Hbond substituents is 1. The van der Waals surface area contributed by atoms with Crippen LogP contribution in [0.5, 0.6) is 5.75 Å². The molecule has 0 bridgehead atoms. The number of fused-ring (bicyclic) bond motifs is 1. The summed E-state index contributed by atoms with van der Waals surface area (Å²) in [6.45, 7) is 2.77. The Morgan fingerprint density at radius 3 is 2.88 bits per heavy atom. The van der Waals surface area contributed by atoms with Crippen molar-refractivity contribution < 1.29 is 9.90 Å². The highest BCUT2D eigenvalue weighted by atomic mass is 16.3. The summed E-state index contributed by atoms with van der Waals surface area (Å²) in [4.78, 5) is 12.5. The molecule has 2 aromatic rings. The van der Waals surface area contributed by atoms with Gasteiger partial charge in [0.2, 0.25) is 5.91 Å². The highest BCUT2D eigenvalue weighted by molar-refractivity contribution is 5.84. The van der Waals surface area contributed by atoms with Gasteiger partial charge in [-0.3, -0.25) is 4.79 Å². The van der Waals surface area contributed by atoms with Crippen LogP contribution >= 0.6 is 0 Å². The highest BCUT2D eigenvalue weighted by Gasteiger charge is 2.55. The van der Waals surface area contributed by atoms with Crippen LogP contribution in [0.3, 0.4) is 0 Å². The lowest BCUT2D eigenvalue weighted by Crippen LogP contribution is -2.37. The lowest BCUT2D eigenvalue weighted by atomic mass is 9.95. The van der Waals surface area contributed by atoms with E-state index in [4.69, 9.17) is 0 Å². The zero-order valence-corrected chi connectivity index (χ0v) is 13.8. The Labute approximate surface area is 141 Å². The molecule has 3 N–H and O–H groups in total. The van der Waals surface area contributed by atoms with Crippen molar-refractivity contribution in [3.63, 3.8) is 0 Å². The van der Waals surface area contributed by atoms with Crippen LogP contribution in [0.4, 0.5) is 5.69 Å². The molecule has 0 aromatic heterocycles. The number of phenols is 1. The Morgan fingerprint density at radius 1 is 1.29 bits per heavy atom. The zero-order chi connectivity index (χ0) is 16.7. The molecule has 3 atom stereocenters. The van der Waals surface area contributed by atoms with Gasteiger partial charge in [0.1, 0.15) is 5.75 Å². The Morgan fingerprint density at radius 2 is 2.08 bits per heavy atom. The number of amides is 1. The first-order valence-corrected chi connectivity index (χ1v) is 8.48. The monoisotopic (exact) mass is 322 g/mol. The maximum absolute atomic E-state index is 12.5. The summed E-state index contributed by atoms with van der Waals surface area (Å²) in [5.41, 5.74) is 3.37. The number of nitrogens with one attached hydrogen (secondary N) is 2. The van der Waals surface area contributed by atoms with Crippen LogP contribution < -0.4 is 10.6 Å². The van der Waals surface area contributed by atoms with E-state index in [0.717, 1.165) is 18.5 Å². The summed E-state index contributed by atoms with van der Waals surface area (Å²) in [5, 5.41) is 16.0. The highest BCUT2D eigenvalue weighted by Crippen LogP contribution is 2.53. The van der Waals surface area contributed by atoms with E-state index in [9.17, 15) is 9.90 Å². The fraction of sp³-hybridized carbons (Fsp3) is 0.350. The van der Waals surface area contributed by atoms with Gasteiger partial charge in [-0.25, -0.2) is 0 Å². The van der Waals surface area contributed by atoms with Crippen molar-refractivity contribution in [3.05, 3.63) is 59.7 Å². The second-order valence-electron chi connectivity index (χ2n) is 7.17. The van der Waals surface area contributed by atoms with Crippen molar-refractivity contribution in [3.8, 4) is 5.75 Å². The molecule has 4 nitrogen and oxygen atoms in total. The molecule has 1 aliphatic heterocycles. The number of aromatic hydroxyl groups is 1. The summed E-state index contributed by atoms with van der Waals surface area (Å²) in [5.74, 6) is 0.470. The van der Waals surface area contributed by atoms with Gasteiger partial charge in [0.05, 0.1) is 0 Å². The van der Waals surface area contributed by atoms with E-state index in [-0.39, 0.29) is 29.0 Å². The number of hydrogen-bond donors (Lipinski definition) is 3. The molecule has 1 fully saturated rings. The molecule has 1 aliphatic carbocycles. The quantitative estimate of drug-likeness (QED) is 0.811. The van der Waals surface area contributed by atoms with Crippen LogP contribution in [0.1, 0.15) is 24.5 Å². The van der Waals surface area contributed by atoms with Crippen LogP contribution in [0.15, 0.2) is 48.5 Å². The molecule has 1 heterocycles. The molecule has 1 amide bonds. The third-order valence-electron chi connectivity index (χ3n) is 5.43. The number of anilines is 1. The van der Waals surface area contributed by atoms with Gasteiger partial charge in [0.15, 0.2) is 0 Å². The molecule has 24 heavy (non-hydrogen) atoms. The smallest absolute Gasteiger partial charge is 0.224 e. The number of carbonyl (C=O) groups excluding carboxylic acids is 1. The maximum atomic E-state index is 12.5. The molecular weight excluding hydrogens is 300 g/mol. The standard InChI is InChI=1S/C20H22N2O2/c1-20(14-5-3-2-4-6-14)11-17(20)19(24)21-12-15-9-13-7-8-16(23)10-18(13)22-15/h2-8,10,15,17,22-23H,9,11-12H2,1H3,(H,21,24)/t15?,17-,20-/m0/s1. The fourth-order valence-corrected chi connectivity index (χ4v) is 3.77. The fourth-order valence-electron chi connectivity index (χ4n) is 3.77. The molecule has 4 rings (SSSR count). The van der Waals surface area contributed by atoms with Gasteiger partial charge >= 0.3 is 0 Å². The average molecular weight is 322 g/mol. The van der Waals surface area contributed by atoms with Gasteiger partial charge < -0.3 is 15.7 Å². The minimum absolute atomic E-state index is 0.0246. The number of hydrogen-bond acceptors (Lipinski definition) is 3. The number of benzene rings is 2. The van der Waals surface area contributed by atoms with Crippen LogP contribution in [0.25, 0.3) is 0 Å². The van der Waals surface area contributed by atoms with Crippen LogP contribution in [-0.4, -0.2) is 23.6 Å². The van der Waals surface area contributed by atoms with Gasteiger partial charge in [-0.1, -0.05) is 43.3 Å². The summed E-state index contributed by atoms with van der Waals surface area (Å²) < 4.78 is 0. The summed E-state index contributed by atoms with van der Waals surface area (Å²) in [6, 6.07) is 15.8. The zero-order valence-electron chi connectivity index (χ0n) is 13.8. The van der Waals surface area contributed by atoms with Crippen molar-refractivity contribution in [1.82, 2.24) is 5.32 Å². The lowest BCUT2D eigenvalue weighted by Gasteiger charge is -2.15. The van der Waals surface area contributed by atoms with Crippen molar-refractivity contribution >= 4 is 11.6 Å². The third-order valence-corrected chi connectivity index (χ3v) is 5.43.